The minimum Gasteiger partial charge on any atom is -0.497 e. The van der Waals surface area contributed by atoms with Crippen LogP contribution in [0.3, 0.4) is 0 Å². The molecule has 1 aliphatic rings. The maximum atomic E-state index is 12.6. The third kappa shape index (κ3) is 4.27. The number of nitrogens with one attached hydrogen (secondary N) is 1. The maximum absolute atomic E-state index is 12.6. The molecule has 1 aromatic carbocycles. The molecule has 0 radical (unpaired) electrons. The van der Waals surface area contributed by atoms with Crippen molar-refractivity contribution in [3.05, 3.63) is 59.4 Å². The van der Waals surface area contributed by atoms with Gasteiger partial charge in [-0.25, -0.2) is 9.36 Å². The summed E-state index contributed by atoms with van der Waals surface area (Å²) in [5.74, 6) is 1.87. The highest BCUT2D eigenvalue weighted by molar-refractivity contribution is 7.71. The zero-order valence-corrected chi connectivity index (χ0v) is 17.3. The third-order valence-corrected chi connectivity index (χ3v) is 5.68. The van der Waals surface area contributed by atoms with E-state index in [2.05, 4.69) is 5.32 Å². The lowest BCUT2D eigenvalue weighted by atomic mass is 9.89. The second kappa shape index (κ2) is 8.65. The minimum absolute atomic E-state index is 0.0683. The highest BCUT2D eigenvalue weighted by Gasteiger charge is 2.24. The largest absolute Gasteiger partial charge is 0.497 e. The van der Waals surface area contributed by atoms with Crippen molar-refractivity contribution < 1.29 is 9.53 Å². The Kier molecular flexibility index (Phi) is 5.80. The Bertz CT molecular complexity index is 1010. The Morgan fingerprint density at radius 1 is 1.17 bits per heavy atom. The number of hydrogen-bond acceptors (Lipinski definition) is 4. The van der Waals surface area contributed by atoms with Crippen LogP contribution in [0.4, 0.5) is 5.69 Å². The van der Waals surface area contributed by atoms with Gasteiger partial charge in [-0.05, 0) is 61.5 Å². The lowest BCUT2D eigenvalue weighted by molar-refractivity contribution is -0.116. The molecule has 4 rings (SSSR count). The monoisotopic (exact) mass is 411 g/mol. The number of nitrogens with zero attached hydrogens (tertiary/aromatic N) is 4. The van der Waals surface area contributed by atoms with Gasteiger partial charge < -0.3 is 10.1 Å². The number of ether oxygens (including phenoxy) is 1. The van der Waals surface area contributed by atoms with Gasteiger partial charge in [0, 0.05) is 24.0 Å². The summed E-state index contributed by atoms with van der Waals surface area (Å²) >= 11 is 5.69. The number of carbonyl (C=O) groups is 1. The predicted molar refractivity (Wildman–Crippen MR) is 114 cm³/mol. The van der Waals surface area contributed by atoms with Gasteiger partial charge in [-0.1, -0.05) is 19.3 Å². The summed E-state index contributed by atoms with van der Waals surface area (Å²) in [6.07, 6.45) is 9.78. The molecule has 0 bridgehead atoms. The van der Waals surface area contributed by atoms with Gasteiger partial charge in [0.1, 0.15) is 12.3 Å². The van der Waals surface area contributed by atoms with Crippen LogP contribution in [0.1, 0.15) is 43.8 Å². The SMILES string of the molecule is COc1ccc(NC(=O)Cn2nc(C3CCCCC3)n(-n3cccc3)c2=S)cc1. The maximum Gasteiger partial charge on any atom is 0.246 e. The molecular formula is C21H25N5O2S. The molecule has 2 heterocycles. The zero-order chi connectivity index (χ0) is 20.2. The van der Waals surface area contributed by atoms with Gasteiger partial charge in [0.05, 0.1) is 7.11 Å². The van der Waals surface area contributed by atoms with Gasteiger partial charge in [0.25, 0.3) is 0 Å². The number of hydrogen-bond donors (Lipinski definition) is 1. The van der Waals surface area contributed by atoms with Crippen LogP contribution in [0.2, 0.25) is 0 Å². The quantitative estimate of drug-likeness (QED) is 0.617. The molecule has 8 heteroatoms. The van der Waals surface area contributed by atoms with Crippen LogP contribution < -0.4 is 10.1 Å². The molecule has 0 unspecified atom stereocenters. The van der Waals surface area contributed by atoms with Crippen LogP contribution in [-0.4, -0.2) is 32.1 Å². The van der Waals surface area contributed by atoms with Crippen molar-refractivity contribution in [3.8, 4) is 5.75 Å². The number of rotatable bonds is 6. The van der Waals surface area contributed by atoms with Crippen molar-refractivity contribution in [3.63, 3.8) is 0 Å². The zero-order valence-electron chi connectivity index (χ0n) is 16.5. The van der Waals surface area contributed by atoms with E-state index in [0.29, 0.717) is 16.4 Å². The summed E-state index contributed by atoms with van der Waals surface area (Å²) in [4.78, 5) is 12.6. The Hall–Kier alpha value is -2.87. The highest BCUT2D eigenvalue weighted by Crippen LogP contribution is 2.32. The van der Waals surface area contributed by atoms with E-state index in [1.807, 2.05) is 58.1 Å². The second-order valence-electron chi connectivity index (χ2n) is 7.28. The summed E-state index contributed by atoms with van der Waals surface area (Å²) in [7, 11) is 1.61. The van der Waals surface area contributed by atoms with E-state index < -0.39 is 0 Å². The summed E-state index contributed by atoms with van der Waals surface area (Å²) in [6, 6.07) is 11.1. The van der Waals surface area contributed by atoms with Gasteiger partial charge in [-0.2, -0.15) is 5.10 Å². The lowest BCUT2D eigenvalue weighted by Crippen LogP contribution is -2.20. The topological polar surface area (TPSA) is 66.0 Å². The van der Waals surface area contributed by atoms with Crippen LogP contribution >= 0.6 is 12.2 Å². The van der Waals surface area contributed by atoms with Crippen LogP contribution in [0.25, 0.3) is 0 Å². The molecular weight excluding hydrogens is 386 g/mol. The molecule has 0 aliphatic heterocycles. The fourth-order valence-electron chi connectivity index (χ4n) is 3.82. The summed E-state index contributed by atoms with van der Waals surface area (Å²) < 4.78 is 11.2. The molecule has 0 spiro atoms. The Morgan fingerprint density at radius 3 is 2.52 bits per heavy atom. The smallest absolute Gasteiger partial charge is 0.246 e. The average molecular weight is 412 g/mol. The van der Waals surface area contributed by atoms with E-state index in [1.54, 1.807) is 11.8 Å². The van der Waals surface area contributed by atoms with Crippen LogP contribution in [0, 0.1) is 4.77 Å². The van der Waals surface area contributed by atoms with Gasteiger partial charge in [0.15, 0.2) is 5.82 Å². The first-order valence-electron chi connectivity index (χ1n) is 9.93. The first-order chi connectivity index (χ1) is 14.2. The number of amides is 1. The minimum atomic E-state index is -0.168. The number of carbonyl (C=O) groups excluding carboxylic acids is 1. The molecule has 0 atom stereocenters. The van der Waals surface area contributed by atoms with Crippen molar-refractivity contribution in [1.29, 1.82) is 0 Å². The molecule has 1 amide bonds. The Labute approximate surface area is 174 Å². The number of aromatic nitrogens is 4. The molecule has 0 saturated heterocycles. The summed E-state index contributed by atoms with van der Waals surface area (Å²) in [5.41, 5.74) is 0.708. The Morgan fingerprint density at radius 2 is 1.86 bits per heavy atom. The fourth-order valence-corrected chi connectivity index (χ4v) is 4.11. The van der Waals surface area contributed by atoms with E-state index in [1.165, 1.54) is 19.3 Å². The molecule has 3 aromatic rings. The molecule has 1 N–H and O–H groups in total. The summed E-state index contributed by atoms with van der Waals surface area (Å²) in [6.45, 7) is 0.0683. The van der Waals surface area contributed by atoms with Crippen LogP contribution in [0.15, 0.2) is 48.8 Å². The van der Waals surface area contributed by atoms with Crippen LogP contribution in [-0.2, 0) is 11.3 Å². The molecule has 1 fully saturated rings. The standard InChI is InChI=1S/C21H25N5O2S/c1-28-18-11-9-17(10-12-18)22-19(27)15-25-21(29)26(24-13-5-6-14-24)20(23-25)16-7-3-2-4-8-16/h5-6,9-14,16H,2-4,7-8,15H2,1H3,(H,22,27). The highest BCUT2D eigenvalue weighted by atomic mass is 32.1. The van der Waals surface area contributed by atoms with Crippen molar-refractivity contribution >= 4 is 23.8 Å². The molecule has 1 saturated carbocycles. The van der Waals surface area contributed by atoms with Crippen molar-refractivity contribution in [2.75, 3.05) is 12.4 Å². The number of benzene rings is 1. The van der Waals surface area contributed by atoms with E-state index in [4.69, 9.17) is 22.1 Å². The molecule has 2 aromatic heterocycles. The normalized spacial score (nSPS) is 14.7. The lowest BCUT2D eigenvalue weighted by Gasteiger charge is -2.21. The molecule has 29 heavy (non-hydrogen) atoms. The first kappa shape index (κ1) is 19.4. The number of methoxy groups -OCH3 is 1. The Balaban J connectivity index is 1.58. The van der Waals surface area contributed by atoms with Gasteiger partial charge in [-0.3, -0.25) is 9.47 Å². The number of anilines is 1. The van der Waals surface area contributed by atoms with Crippen molar-refractivity contribution in [1.82, 2.24) is 19.1 Å². The van der Waals surface area contributed by atoms with E-state index in [0.717, 1.165) is 24.4 Å². The fraction of sp³-hybridized carbons (Fsp3) is 0.381. The van der Waals surface area contributed by atoms with Gasteiger partial charge in [-0.15, -0.1) is 0 Å². The first-order valence-corrected chi connectivity index (χ1v) is 10.3. The molecule has 152 valence electrons. The van der Waals surface area contributed by atoms with Gasteiger partial charge in [0.2, 0.25) is 10.7 Å². The van der Waals surface area contributed by atoms with Crippen molar-refractivity contribution in [2.45, 2.75) is 44.6 Å². The summed E-state index contributed by atoms with van der Waals surface area (Å²) in [5, 5.41) is 7.67. The molecule has 7 nitrogen and oxygen atoms in total. The van der Waals surface area contributed by atoms with Crippen LogP contribution in [0.5, 0.6) is 5.75 Å². The van der Waals surface area contributed by atoms with Gasteiger partial charge >= 0.3 is 0 Å². The van der Waals surface area contributed by atoms with E-state index in [9.17, 15) is 4.79 Å². The second-order valence-corrected chi connectivity index (χ2v) is 7.65. The van der Waals surface area contributed by atoms with E-state index in [-0.39, 0.29) is 12.5 Å². The van der Waals surface area contributed by atoms with E-state index >= 15 is 0 Å². The van der Waals surface area contributed by atoms with Crippen molar-refractivity contribution in [2.24, 2.45) is 0 Å². The predicted octanol–water partition coefficient (Wildman–Crippen LogP) is 4.22. The average Bonchev–Trinajstić information content (AvgIpc) is 3.37. The third-order valence-electron chi connectivity index (χ3n) is 5.30. The molecule has 1 aliphatic carbocycles.